The Balaban J connectivity index is 2.12. The minimum Gasteiger partial charge on any atom is -0.444 e. The van der Waals surface area contributed by atoms with E-state index in [1.807, 2.05) is 0 Å². The first-order chi connectivity index (χ1) is 13.8. The van der Waals surface area contributed by atoms with Gasteiger partial charge in [-0.15, -0.1) is 13.2 Å². The summed E-state index contributed by atoms with van der Waals surface area (Å²) >= 11 is 6.20. The molecule has 1 aromatic heterocycles. The van der Waals surface area contributed by atoms with Crippen molar-refractivity contribution in [2.24, 2.45) is 0 Å². The zero-order chi connectivity index (χ0) is 22.5. The Morgan fingerprint density at radius 3 is 2.37 bits per heavy atom. The topological polar surface area (TPSA) is 96.3 Å². The van der Waals surface area contributed by atoms with E-state index in [1.54, 1.807) is 20.8 Å². The molecule has 0 atom stereocenters. The van der Waals surface area contributed by atoms with Gasteiger partial charge in [0.1, 0.15) is 17.2 Å². The van der Waals surface area contributed by atoms with Crippen LogP contribution in [0.15, 0.2) is 36.5 Å². The van der Waals surface area contributed by atoms with Crippen molar-refractivity contribution in [1.82, 2.24) is 10.3 Å². The molecule has 0 unspecified atom stereocenters. The van der Waals surface area contributed by atoms with Gasteiger partial charge in [0, 0.05) is 11.9 Å². The second kappa shape index (κ2) is 9.21. The van der Waals surface area contributed by atoms with Gasteiger partial charge in [-0.3, -0.25) is 0 Å². The highest BCUT2D eigenvalue weighted by Gasteiger charge is 2.31. The number of hydrogen-bond donors (Lipinski definition) is 3. The molecule has 0 aliphatic heterocycles. The van der Waals surface area contributed by atoms with E-state index in [2.05, 4.69) is 20.4 Å². The van der Waals surface area contributed by atoms with E-state index in [-0.39, 0.29) is 34.4 Å². The third kappa shape index (κ3) is 7.43. The maximum Gasteiger partial charge on any atom is 0.573 e. The molecule has 30 heavy (non-hydrogen) atoms. The number of amides is 1. The number of alkyl carbamates (subject to hydrolysis) is 1. The van der Waals surface area contributed by atoms with Crippen LogP contribution >= 0.6 is 11.6 Å². The molecule has 3 N–H and O–H groups in total. The van der Waals surface area contributed by atoms with Crippen LogP contribution in [0.5, 0.6) is 5.75 Å². The molecule has 2 aromatic rings. The normalized spacial score (nSPS) is 11.6. The molecular formula is C19H20ClF3N4O3. The van der Waals surface area contributed by atoms with E-state index in [0.29, 0.717) is 5.69 Å². The van der Waals surface area contributed by atoms with Crippen LogP contribution < -0.4 is 15.4 Å². The summed E-state index contributed by atoms with van der Waals surface area (Å²) in [5.74, 6) is -0.176. The average Bonchev–Trinajstić information content (AvgIpc) is 2.59. The molecule has 0 spiro atoms. The second-order valence-electron chi connectivity index (χ2n) is 7.05. The predicted molar refractivity (Wildman–Crippen MR) is 107 cm³/mol. The van der Waals surface area contributed by atoms with Crippen molar-refractivity contribution in [3.63, 3.8) is 0 Å². The van der Waals surface area contributed by atoms with Crippen LogP contribution in [0.4, 0.5) is 29.5 Å². The van der Waals surface area contributed by atoms with Crippen molar-refractivity contribution >= 4 is 34.9 Å². The summed E-state index contributed by atoms with van der Waals surface area (Å²) in [6.07, 6.45) is -4.07. The number of nitrogens with zero attached hydrogens (tertiary/aromatic N) is 1. The van der Waals surface area contributed by atoms with Gasteiger partial charge in [-0.1, -0.05) is 11.6 Å². The van der Waals surface area contributed by atoms with E-state index < -0.39 is 18.1 Å². The molecule has 1 amide bonds. The lowest BCUT2D eigenvalue weighted by Gasteiger charge is -2.20. The molecule has 11 heteroatoms. The molecular weight excluding hydrogens is 425 g/mol. The van der Waals surface area contributed by atoms with E-state index in [0.717, 1.165) is 12.1 Å². The lowest BCUT2D eigenvalue weighted by Crippen LogP contribution is -2.35. The van der Waals surface area contributed by atoms with Gasteiger partial charge < -0.3 is 25.5 Å². The summed E-state index contributed by atoms with van der Waals surface area (Å²) in [7, 11) is 0. The number of nitrogens with one attached hydrogen (secondary N) is 3. The highest BCUT2D eigenvalue weighted by Crippen LogP contribution is 2.28. The molecule has 0 saturated heterocycles. The van der Waals surface area contributed by atoms with E-state index in [1.165, 1.54) is 24.4 Å². The van der Waals surface area contributed by atoms with Crippen molar-refractivity contribution in [1.29, 1.82) is 5.41 Å². The first-order valence-corrected chi connectivity index (χ1v) is 9.04. The number of ether oxygens (including phenoxy) is 2. The number of carbonyl (C=O) groups excluding carboxylic acids is 1. The monoisotopic (exact) mass is 444 g/mol. The van der Waals surface area contributed by atoms with Crippen molar-refractivity contribution in [2.45, 2.75) is 32.7 Å². The van der Waals surface area contributed by atoms with Crippen molar-refractivity contribution in [3.05, 3.63) is 47.1 Å². The van der Waals surface area contributed by atoms with Gasteiger partial charge in [0.2, 0.25) is 0 Å². The maximum atomic E-state index is 12.3. The van der Waals surface area contributed by atoms with Crippen LogP contribution in [0.25, 0.3) is 0 Å². The van der Waals surface area contributed by atoms with Gasteiger partial charge in [0.15, 0.2) is 0 Å². The molecule has 1 heterocycles. The molecule has 0 bridgehead atoms. The molecule has 0 aliphatic rings. The smallest absolute Gasteiger partial charge is 0.444 e. The first kappa shape index (κ1) is 23.3. The van der Waals surface area contributed by atoms with Crippen LogP contribution in [0, 0.1) is 5.41 Å². The number of aromatic nitrogens is 1. The Kier molecular flexibility index (Phi) is 7.14. The molecule has 0 aliphatic carbocycles. The minimum atomic E-state index is -4.78. The molecule has 1 aromatic carbocycles. The largest absolute Gasteiger partial charge is 0.573 e. The van der Waals surface area contributed by atoms with Crippen molar-refractivity contribution in [3.8, 4) is 5.75 Å². The Morgan fingerprint density at radius 1 is 1.17 bits per heavy atom. The van der Waals surface area contributed by atoms with Crippen LogP contribution in [-0.2, 0) is 4.74 Å². The summed E-state index contributed by atoms with van der Waals surface area (Å²) in [6, 6.07) is 6.46. The molecule has 7 nitrogen and oxygen atoms in total. The van der Waals surface area contributed by atoms with Crippen LogP contribution in [0.1, 0.15) is 26.3 Å². The van der Waals surface area contributed by atoms with Crippen molar-refractivity contribution in [2.75, 3.05) is 11.9 Å². The Morgan fingerprint density at radius 2 is 1.80 bits per heavy atom. The Labute approximate surface area is 176 Å². The Bertz CT molecular complexity index is 913. The number of rotatable bonds is 6. The van der Waals surface area contributed by atoms with Gasteiger partial charge in [-0.25, -0.2) is 9.78 Å². The standard InChI is InChI=1S/C19H20ClF3N4O3/c1-18(2,3)30-17(28)26-10-14(24)15-13(20)8-9-25-16(15)27-11-4-6-12(7-5-11)29-19(21,22)23/h4-9,24H,10H2,1-3H3,(H,25,27)(H,26,28). The van der Waals surface area contributed by atoms with E-state index in [4.69, 9.17) is 21.7 Å². The quantitative estimate of drug-likeness (QED) is 0.527. The third-order valence-corrected chi connectivity index (χ3v) is 3.68. The number of pyridine rings is 1. The predicted octanol–water partition coefficient (Wildman–Crippen LogP) is 5.27. The zero-order valence-electron chi connectivity index (χ0n) is 16.4. The molecule has 0 saturated carbocycles. The van der Waals surface area contributed by atoms with Gasteiger partial charge in [-0.2, -0.15) is 0 Å². The van der Waals surface area contributed by atoms with Gasteiger partial charge in [0.25, 0.3) is 0 Å². The lowest BCUT2D eigenvalue weighted by atomic mass is 10.1. The zero-order valence-corrected chi connectivity index (χ0v) is 17.1. The fourth-order valence-electron chi connectivity index (χ4n) is 2.26. The first-order valence-electron chi connectivity index (χ1n) is 8.66. The highest BCUT2D eigenvalue weighted by molar-refractivity contribution is 6.35. The van der Waals surface area contributed by atoms with Gasteiger partial charge >= 0.3 is 12.5 Å². The van der Waals surface area contributed by atoms with Gasteiger partial charge in [-0.05, 0) is 51.1 Å². The number of carbonyl (C=O) groups is 1. The Hall–Kier alpha value is -3.01. The molecule has 0 radical (unpaired) electrons. The minimum absolute atomic E-state index is 0.0431. The fourth-order valence-corrected chi connectivity index (χ4v) is 2.52. The number of halogens is 4. The van der Waals surface area contributed by atoms with Gasteiger partial charge in [0.05, 0.1) is 22.8 Å². The number of hydrogen-bond acceptors (Lipinski definition) is 6. The summed E-state index contributed by atoms with van der Waals surface area (Å²) in [5.41, 5.74) is -0.106. The number of alkyl halides is 3. The summed E-state index contributed by atoms with van der Waals surface area (Å²) < 4.78 is 45.8. The highest BCUT2D eigenvalue weighted by atomic mass is 35.5. The maximum absolute atomic E-state index is 12.3. The molecule has 162 valence electrons. The summed E-state index contributed by atoms with van der Waals surface area (Å²) in [6.45, 7) is 4.96. The van der Waals surface area contributed by atoms with Crippen LogP contribution in [0.3, 0.4) is 0 Å². The molecule has 2 rings (SSSR count). The molecule has 0 fully saturated rings. The third-order valence-electron chi connectivity index (χ3n) is 3.36. The average molecular weight is 445 g/mol. The van der Waals surface area contributed by atoms with E-state index in [9.17, 15) is 18.0 Å². The number of anilines is 2. The SMILES string of the molecule is CC(C)(C)OC(=O)NCC(=N)c1c(Cl)ccnc1Nc1ccc(OC(F)(F)F)cc1. The summed E-state index contributed by atoms with van der Waals surface area (Å²) in [5, 5.41) is 13.8. The van der Waals surface area contributed by atoms with Crippen molar-refractivity contribution < 1.29 is 27.4 Å². The second-order valence-corrected chi connectivity index (χ2v) is 7.45. The lowest BCUT2D eigenvalue weighted by molar-refractivity contribution is -0.274. The van der Waals surface area contributed by atoms with Crippen LogP contribution in [0.2, 0.25) is 5.02 Å². The number of benzene rings is 1. The van der Waals surface area contributed by atoms with E-state index >= 15 is 0 Å². The summed E-state index contributed by atoms with van der Waals surface area (Å²) in [4.78, 5) is 15.9. The fraction of sp³-hybridized carbons (Fsp3) is 0.316. The van der Waals surface area contributed by atoms with Crippen LogP contribution in [-0.4, -0.2) is 35.3 Å².